The molecule has 0 unspecified atom stereocenters. The van der Waals surface area contributed by atoms with Gasteiger partial charge >= 0.3 is 0 Å². The molecule has 114 valence electrons. The molecule has 0 radical (unpaired) electrons. The van der Waals surface area contributed by atoms with Crippen molar-refractivity contribution in [3.63, 3.8) is 0 Å². The maximum atomic E-state index is 13.0. The van der Waals surface area contributed by atoms with Gasteiger partial charge in [0.05, 0.1) is 0 Å². The van der Waals surface area contributed by atoms with E-state index in [1.54, 1.807) is 0 Å². The maximum Gasteiger partial charge on any atom is 0.254 e. The molecule has 1 aromatic heterocycles. The van der Waals surface area contributed by atoms with Gasteiger partial charge < -0.3 is 10.2 Å². The number of benzene rings is 1. The second-order valence-electron chi connectivity index (χ2n) is 6.12. The molecule has 2 aromatic rings. The smallest absolute Gasteiger partial charge is 0.254 e. The van der Waals surface area contributed by atoms with E-state index in [4.69, 9.17) is 0 Å². The molecule has 0 aliphatic carbocycles. The lowest BCUT2D eigenvalue weighted by molar-refractivity contribution is 0.0734. The van der Waals surface area contributed by atoms with E-state index >= 15 is 0 Å². The van der Waals surface area contributed by atoms with Gasteiger partial charge in [0.25, 0.3) is 5.91 Å². The number of hydrogen-bond donors (Lipinski definition) is 1. The van der Waals surface area contributed by atoms with E-state index in [2.05, 4.69) is 28.9 Å². The third-order valence-electron chi connectivity index (χ3n) is 4.79. The van der Waals surface area contributed by atoms with Crippen molar-refractivity contribution in [2.45, 2.75) is 25.3 Å². The van der Waals surface area contributed by atoms with Crippen molar-refractivity contribution >= 4 is 17.2 Å². The molecule has 1 saturated heterocycles. The lowest BCUT2D eigenvalue weighted by Crippen LogP contribution is -2.36. The number of hydrogen-bond acceptors (Lipinski definition) is 3. The van der Waals surface area contributed by atoms with E-state index in [-0.39, 0.29) is 5.91 Å². The van der Waals surface area contributed by atoms with Crippen LogP contribution in [0.2, 0.25) is 0 Å². The van der Waals surface area contributed by atoms with Gasteiger partial charge in [0.15, 0.2) is 0 Å². The first kappa shape index (κ1) is 14.0. The van der Waals surface area contributed by atoms with Crippen LogP contribution in [0.5, 0.6) is 0 Å². The first-order valence-corrected chi connectivity index (χ1v) is 8.85. The summed E-state index contributed by atoms with van der Waals surface area (Å²) in [7, 11) is 0. The molecular formula is C18H20N2OS. The largest absolute Gasteiger partial charge is 0.334 e. The van der Waals surface area contributed by atoms with Crippen LogP contribution in [0.15, 0.2) is 35.7 Å². The number of carbonyl (C=O) groups excluding carboxylic acids is 1. The topological polar surface area (TPSA) is 32.3 Å². The molecule has 0 saturated carbocycles. The highest BCUT2D eigenvalue weighted by Gasteiger charge is 2.27. The van der Waals surface area contributed by atoms with E-state index in [1.165, 1.54) is 16.0 Å². The van der Waals surface area contributed by atoms with Crippen LogP contribution in [0, 0.1) is 0 Å². The fourth-order valence-corrected chi connectivity index (χ4v) is 4.45. The molecule has 1 N–H and O–H groups in total. The molecule has 1 amide bonds. The van der Waals surface area contributed by atoms with Gasteiger partial charge in [0.2, 0.25) is 0 Å². The summed E-state index contributed by atoms with van der Waals surface area (Å²) in [5.74, 6) is 0.668. The summed E-state index contributed by atoms with van der Waals surface area (Å²) >= 11 is 1.81. The standard InChI is InChI=1S/C18H20N2OS/c21-18(20-9-6-17-14(12-20)7-10-22-17)16-4-2-1-3-15(16)13-5-8-19-11-13/h1-4,7,10,13,19H,5-6,8-9,11-12H2/t13-/m0/s1. The molecular weight excluding hydrogens is 292 g/mol. The predicted molar refractivity (Wildman–Crippen MR) is 89.4 cm³/mol. The van der Waals surface area contributed by atoms with E-state index in [1.807, 2.05) is 28.4 Å². The van der Waals surface area contributed by atoms with Gasteiger partial charge in [-0.2, -0.15) is 0 Å². The Labute approximate surface area is 135 Å². The summed E-state index contributed by atoms with van der Waals surface area (Å²) in [5, 5.41) is 5.54. The van der Waals surface area contributed by atoms with Crippen LogP contribution in [-0.2, 0) is 13.0 Å². The SMILES string of the molecule is O=C(c1ccccc1[C@H]1CCNC1)N1CCc2sccc2C1. The van der Waals surface area contributed by atoms with Crippen molar-refractivity contribution in [1.82, 2.24) is 10.2 Å². The molecule has 2 aliphatic rings. The number of nitrogens with one attached hydrogen (secondary N) is 1. The second kappa shape index (κ2) is 5.86. The molecule has 0 bridgehead atoms. The van der Waals surface area contributed by atoms with Gasteiger partial charge in [-0.15, -0.1) is 11.3 Å². The molecule has 1 fully saturated rings. The number of rotatable bonds is 2. The molecule has 1 aromatic carbocycles. The van der Waals surface area contributed by atoms with E-state index < -0.39 is 0 Å². The quantitative estimate of drug-likeness (QED) is 0.924. The molecule has 4 rings (SSSR count). The second-order valence-corrected chi connectivity index (χ2v) is 7.12. The number of thiophene rings is 1. The third-order valence-corrected chi connectivity index (χ3v) is 5.81. The van der Waals surface area contributed by atoms with Gasteiger partial charge in [-0.05, 0) is 53.9 Å². The van der Waals surface area contributed by atoms with Gasteiger partial charge in [-0.25, -0.2) is 0 Å². The van der Waals surface area contributed by atoms with Gasteiger partial charge in [-0.3, -0.25) is 4.79 Å². The molecule has 3 nitrogen and oxygen atoms in total. The molecule has 0 spiro atoms. The Bertz CT molecular complexity index is 688. The zero-order valence-corrected chi connectivity index (χ0v) is 13.4. The fourth-order valence-electron chi connectivity index (χ4n) is 3.56. The lowest BCUT2D eigenvalue weighted by Gasteiger charge is -2.28. The average molecular weight is 312 g/mol. The van der Waals surface area contributed by atoms with Crippen molar-refractivity contribution in [2.75, 3.05) is 19.6 Å². The minimum atomic E-state index is 0.194. The highest BCUT2D eigenvalue weighted by molar-refractivity contribution is 7.10. The molecule has 1 atom stereocenters. The van der Waals surface area contributed by atoms with Crippen LogP contribution in [0.3, 0.4) is 0 Å². The average Bonchev–Trinajstić information content (AvgIpc) is 3.24. The first-order chi connectivity index (χ1) is 10.8. The molecule has 3 heterocycles. The van der Waals surface area contributed by atoms with Crippen LogP contribution < -0.4 is 5.32 Å². The summed E-state index contributed by atoms with van der Waals surface area (Å²) in [6.45, 7) is 3.63. The Morgan fingerprint density at radius 2 is 2.18 bits per heavy atom. The van der Waals surface area contributed by atoms with E-state index in [0.717, 1.165) is 44.6 Å². The number of nitrogens with zero attached hydrogens (tertiary/aromatic N) is 1. The zero-order chi connectivity index (χ0) is 14.9. The summed E-state index contributed by atoms with van der Waals surface area (Å²) in [6, 6.07) is 10.3. The van der Waals surface area contributed by atoms with Crippen molar-refractivity contribution in [2.24, 2.45) is 0 Å². The van der Waals surface area contributed by atoms with Crippen LogP contribution in [0.4, 0.5) is 0 Å². The monoisotopic (exact) mass is 312 g/mol. The third kappa shape index (κ3) is 2.46. The number of carbonyl (C=O) groups is 1. The van der Waals surface area contributed by atoms with Gasteiger partial charge in [0, 0.05) is 30.1 Å². The van der Waals surface area contributed by atoms with Crippen LogP contribution in [0.1, 0.15) is 38.7 Å². The lowest BCUT2D eigenvalue weighted by atomic mass is 9.92. The zero-order valence-electron chi connectivity index (χ0n) is 12.5. The number of amides is 1. The van der Waals surface area contributed by atoms with Gasteiger partial charge in [0.1, 0.15) is 0 Å². The Morgan fingerprint density at radius 3 is 3.05 bits per heavy atom. The van der Waals surface area contributed by atoms with Crippen molar-refractivity contribution in [3.05, 3.63) is 57.3 Å². The maximum absolute atomic E-state index is 13.0. The van der Waals surface area contributed by atoms with Crippen LogP contribution >= 0.6 is 11.3 Å². The van der Waals surface area contributed by atoms with Crippen molar-refractivity contribution in [1.29, 1.82) is 0 Å². The highest BCUT2D eigenvalue weighted by atomic mass is 32.1. The summed E-state index contributed by atoms with van der Waals surface area (Å²) in [6.07, 6.45) is 2.12. The predicted octanol–water partition coefficient (Wildman–Crippen LogP) is 3.02. The Hall–Kier alpha value is -1.65. The summed E-state index contributed by atoms with van der Waals surface area (Å²) in [5.41, 5.74) is 3.44. The number of fused-ring (bicyclic) bond motifs is 1. The molecule has 4 heteroatoms. The van der Waals surface area contributed by atoms with Crippen LogP contribution in [-0.4, -0.2) is 30.4 Å². The first-order valence-electron chi connectivity index (χ1n) is 7.97. The van der Waals surface area contributed by atoms with Crippen LogP contribution in [0.25, 0.3) is 0 Å². The van der Waals surface area contributed by atoms with Crippen molar-refractivity contribution in [3.8, 4) is 0 Å². The minimum Gasteiger partial charge on any atom is -0.334 e. The summed E-state index contributed by atoms with van der Waals surface area (Å²) < 4.78 is 0. The Balaban J connectivity index is 1.61. The molecule has 2 aliphatic heterocycles. The normalized spacial score (nSPS) is 20.9. The molecule has 22 heavy (non-hydrogen) atoms. The Kier molecular flexibility index (Phi) is 3.72. The van der Waals surface area contributed by atoms with E-state index in [9.17, 15) is 4.79 Å². The minimum absolute atomic E-state index is 0.194. The van der Waals surface area contributed by atoms with Gasteiger partial charge in [-0.1, -0.05) is 18.2 Å². The van der Waals surface area contributed by atoms with Crippen molar-refractivity contribution < 1.29 is 4.79 Å². The Morgan fingerprint density at radius 1 is 1.27 bits per heavy atom. The highest BCUT2D eigenvalue weighted by Crippen LogP contribution is 2.29. The summed E-state index contributed by atoms with van der Waals surface area (Å²) in [4.78, 5) is 16.5. The van der Waals surface area contributed by atoms with E-state index in [0.29, 0.717) is 5.92 Å². The fraction of sp³-hybridized carbons (Fsp3) is 0.389.